The van der Waals surface area contributed by atoms with Crippen LogP contribution in [0.4, 0.5) is 0 Å². The lowest BCUT2D eigenvalue weighted by Gasteiger charge is -2.33. The monoisotopic (exact) mass is 599 g/mol. The van der Waals surface area contributed by atoms with Crippen molar-refractivity contribution in [1.82, 2.24) is 43.7 Å². The van der Waals surface area contributed by atoms with Crippen molar-refractivity contribution in [2.24, 2.45) is 7.05 Å². The molecule has 1 fully saturated rings. The van der Waals surface area contributed by atoms with Crippen LogP contribution in [0.3, 0.4) is 0 Å². The molecule has 0 bridgehead atoms. The van der Waals surface area contributed by atoms with Crippen molar-refractivity contribution in [2.45, 2.75) is 44.6 Å². The van der Waals surface area contributed by atoms with Gasteiger partial charge in [0.25, 0.3) is 5.56 Å². The number of ether oxygens (including phenoxy) is 1. The van der Waals surface area contributed by atoms with Crippen molar-refractivity contribution >= 4 is 21.1 Å². The number of β-amino-alcohol motifs (C(OH)–C–C–N with tert-alkyl or cyclic N) is 1. The van der Waals surface area contributed by atoms with Crippen LogP contribution in [-0.2, 0) is 30.0 Å². The molecular weight excluding hydrogens is 562 g/mol. The van der Waals surface area contributed by atoms with Gasteiger partial charge in [0.2, 0.25) is 10.0 Å². The largest absolute Gasteiger partial charge is 0.493 e. The zero-order chi connectivity index (χ0) is 29.9. The zero-order valence-electron chi connectivity index (χ0n) is 24.2. The molecule has 4 heterocycles. The molecule has 4 aromatic rings. The highest BCUT2D eigenvalue weighted by atomic mass is 32.2. The van der Waals surface area contributed by atoms with Gasteiger partial charge in [-0.25, -0.2) is 23.1 Å². The molecule has 15 heteroatoms. The summed E-state index contributed by atoms with van der Waals surface area (Å²) >= 11 is 0. The van der Waals surface area contributed by atoms with Crippen LogP contribution < -0.4 is 10.3 Å². The Kier molecular flexibility index (Phi) is 9.01. The van der Waals surface area contributed by atoms with E-state index in [2.05, 4.69) is 15.1 Å². The summed E-state index contributed by atoms with van der Waals surface area (Å²) in [4.78, 5) is 27.6. The maximum absolute atomic E-state index is 13.7. The quantitative estimate of drug-likeness (QED) is 0.240. The summed E-state index contributed by atoms with van der Waals surface area (Å²) in [5.41, 5.74) is 1.41. The Bertz CT molecular complexity index is 1700. The number of rotatable bonds is 12. The fraction of sp³-hybridized carbons (Fsp3) is 0.519. The number of piperazine rings is 1. The lowest BCUT2D eigenvalue weighted by atomic mass is 10.1. The summed E-state index contributed by atoms with van der Waals surface area (Å²) in [5, 5.41) is 18.0. The van der Waals surface area contributed by atoms with Crippen LogP contribution in [-0.4, -0.2) is 103 Å². The molecule has 2 N–H and O–H groups in total. The Hall–Kier alpha value is -3.66. The molecule has 1 saturated heterocycles. The molecule has 0 amide bonds. The number of fused-ring (bicyclic) bond motifs is 1. The van der Waals surface area contributed by atoms with Crippen molar-refractivity contribution in [3.8, 4) is 17.1 Å². The smallest absolute Gasteiger partial charge is 0.277 e. The van der Waals surface area contributed by atoms with Crippen LogP contribution in [0.5, 0.6) is 5.75 Å². The molecule has 0 radical (unpaired) electrons. The number of nitrogens with one attached hydrogen (secondary N) is 1. The minimum Gasteiger partial charge on any atom is -0.493 e. The number of aryl methyl sites for hydroxylation is 2. The molecule has 1 aromatic carbocycles. The van der Waals surface area contributed by atoms with Gasteiger partial charge in [-0.15, -0.1) is 0 Å². The van der Waals surface area contributed by atoms with Gasteiger partial charge in [-0.3, -0.25) is 14.4 Å². The zero-order valence-corrected chi connectivity index (χ0v) is 25.0. The number of hydrogen-bond donors (Lipinski definition) is 2. The Labute approximate surface area is 244 Å². The molecule has 0 unspecified atom stereocenters. The summed E-state index contributed by atoms with van der Waals surface area (Å²) in [6, 6.07) is 4.67. The van der Waals surface area contributed by atoms with Gasteiger partial charge in [-0.1, -0.05) is 20.3 Å². The van der Waals surface area contributed by atoms with Crippen molar-refractivity contribution in [1.29, 1.82) is 0 Å². The molecule has 0 atom stereocenters. The molecule has 0 aliphatic carbocycles. The van der Waals surface area contributed by atoms with Gasteiger partial charge >= 0.3 is 0 Å². The van der Waals surface area contributed by atoms with Gasteiger partial charge in [0.15, 0.2) is 5.52 Å². The number of aromatic nitrogens is 7. The van der Waals surface area contributed by atoms with Crippen molar-refractivity contribution < 1.29 is 18.3 Å². The number of sulfonamides is 1. The fourth-order valence-corrected chi connectivity index (χ4v) is 6.52. The normalized spacial score (nSPS) is 15.0. The first kappa shape index (κ1) is 29.8. The lowest BCUT2D eigenvalue weighted by molar-refractivity contribution is 0.151. The van der Waals surface area contributed by atoms with Crippen LogP contribution in [0.25, 0.3) is 22.4 Å². The SMILES string of the molecule is CCCOc1ccc(S(=O)(=O)N2CCN(CCO)CC2)cc1-c1nc2c(CCC)nn(Cc3ncnn3C)c2c(=O)[nH]1. The van der Waals surface area contributed by atoms with Crippen LogP contribution in [0.15, 0.2) is 34.2 Å². The molecule has 1 aliphatic rings. The molecule has 14 nitrogen and oxygen atoms in total. The second-order valence-electron chi connectivity index (χ2n) is 10.2. The second-order valence-corrected chi connectivity index (χ2v) is 12.2. The average molecular weight is 600 g/mol. The molecule has 226 valence electrons. The standard InChI is InChI=1S/C27H37N9O5S/c1-4-6-21-24-25(36(32-21)17-23-28-18-29-33(23)3)27(38)31-26(30-24)20-16-19(7-8-22(20)41-15-5-2)42(39,40)35-11-9-34(10-12-35)13-14-37/h7-8,16,18,37H,4-6,9-15,17H2,1-3H3,(H,30,31,38). The number of nitrogens with zero attached hydrogens (tertiary/aromatic N) is 8. The first-order valence-corrected chi connectivity index (χ1v) is 15.6. The molecule has 0 spiro atoms. The van der Waals surface area contributed by atoms with Gasteiger partial charge in [0.05, 0.1) is 29.4 Å². The Morgan fingerprint density at radius 1 is 1.12 bits per heavy atom. The van der Waals surface area contributed by atoms with Crippen molar-refractivity contribution in [3.63, 3.8) is 0 Å². The maximum Gasteiger partial charge on any atom is 0.277 e. The van der Waals surface area contributed by atoms with E-state index in [0.29, 0.717) is 79.6 Å². The fourth-order valence-electron chi connectivity index (χ4n) is 5.07. The number of hydrogen-bond acceptors (Lipinski definition) is 10. The third kappa shape index (κ3) is 5.95. The number of benzene rings is 1. The third-order valence-electron chi connectivity index (χ3n) is 7.30. The van der Waals surface area contributed by atoms with E-state index < -0.39 is 15.6 Å². The van der Waals surface area contributed by atoms with Crippen LogP contribution >= 0.6 is 0 Å². The minimum atomic E-state index is -3.83. The third-order valence-corrected chi connectivity index (χ3v) is 9.20. The maximum atomic E-state index is 13.7. The van der Waals surface area contributed by atoms with Gasteiger partial charge < -0.3 is 14.8 Å². The minimum absolute atomic E-state index is 0.0317. The Balaban J connectivity index is 1.58. The second kappa shape index (κ2) is 12.7. The van der Waals surface area contributed by atoms with Crippen LogP contribution in [0.1, 0.15) is 38.2 Å². The van der Waals surface area contributed by atoms with Crippen LogP contribution in [0.2, 0.25) is 0 Å². The topological polar surface area (TPSA) is 164 Å². The van der Waals surface area contributed by atoms with E-state index >= 15 is 0 Å². The molecule has 0 saturated carbocycles. The van der Waals surface area contributed by atoms with Crippen molar-refractivity contribution in [3.05, 3.63) is 46.4 Å². The van der Waals surface area contributed by atoms with Gasteiger partial charge in [-0.2, -0.15) is 14.5 Å². The average Bonchev–Trinajstić information content (AvgIpc) is 3.55. The van der Waals surface area contributed by atoms with Crippen LogP contribution in [0, 0.1) is 0 Å². The van der Waals surface area contributed by atoms with Gasteiger partial charge in [-0.05, 0) is 31.0 Å². The Morgan fingerprint density at radius 2 is 1.90 bits per heavy atom. The number of aromatic amines is 1. The molecule has 1 aliphatic heterocycles. The molecular formula is C27H37N9O5S. The molecule has 3 aromatic heterocycles. The first-order valence-electron chi connectivity index (χ1n) is 14.2. The predicted molar refractivity (Wildman–Crippen MR) is 156 cm³/mol. The van der Waals surface area contributed by atoms with Gasteiger partial charge in [0, 0.05) is 39.8 Å². The molecule has 42 heavy (non-hydrogen) atoms. The molecule has 5 rings (SSSR count). The summed E-state index contributed by atoms with van der Waals surface area (Å²) in [6.45, 7) is 6.90. The Morgan fingerprint density at radius 3 is 2.57 bits per heavy atom. The van der Waals surface area contributed by atoms with Gasteiger partial charge in [0.1, 0.15) is 35.8 Å². The highest BCUT2D eigenvalue weighted by Crippen LogP contribution is 2.32. The van der Waals surface area contributed by atoms with E-state index in [1.54, 1.807) is 22.5 Å². The van der Waals surface area contributed by atoms with E-state index in [-0.39, 0.29) is 23.9 Å². The van der Waals surface area contributed by atoms with Crippen molar-refractivity contribution in [2.75, 3.05) is 45.9 Å². The number of aliphatic hydroxyl groups excluding tert-OH is 1. The number of H-pyrrole nitrogens is 1. The summed E-state index contributed by atoms with van der Waals surface area (Å²) < 4.78 is 38.0. The predicted octanol–water partition coefficient (Wildman–Crippen LogP) is 1.00. The highest BCUT2D eigenvalue weighted by molar-refractivity contribution is 7.89. The summed E-state index contributed by atoms with van der Waals surface area (Å²) in [5.74, 6) is 1.27. The van der Waals surface area contributed by atoms with E-state index in [0.717, 1.165) is 12.8 Å². The van der Waals surface area contributed by atoms with E-state index in [4.69, 9.17) is 14.8 Å². The summed E-state index contributed by atoms with van der Waals surface area (Å²) in [6.07, 6.45) is 3.59. The van der Waals surface area contributed by atoms with E-state index in [1.807, 2.05) is 18.7 Å². The summed E-state index contributed by atoms with van der Waals surface area (Å²) in [7, 11) is -2.06. The van der Waals surface area contributed by atoms with E-state index in [1.165, 1.54) is 22.8 Å². The lowest BCUT2D eigenvalue weighted by Crippen LogP contribution is -2.49. The first-order chi connectivity index (χ1) is 20.3. The van der Waals surface area contributed by atoms with E-state index in [9.17, 15) is 18.3 Å². The number of aliphatic hydroxyl groups is 1. The highest BCUT2D eigenvalue weighted by Gasteiger charge is 2.30.